The number of aromatic nitrogens is 3. The molecule has 1 aliphatic heterocycles. The zero-order chi connectivity index (χ0) is 30.4. The van der Waals surface area contributed by atoms with Crippen LogP contribution < -0.4 is 21.3 Å². The Kier molecular flexibility index (Phi) is 12.3. The number of carbonyl (C=O) groups is 4. The molecule has 2 aliphatic rings. The number of hydrogen-bond acceptors (Lipinski definition) is 8. The van der Waals surface area contributed by atoms with E-state index in [1.54, 1.807) is 10.9 Å². The van der Waals surface area contributed by atoms with E-state index in [0.29, 0.717) is 31.6 Å². The second-order valence-electron chi connectivity index (χ2n) is 11.4. The Morgan fingerprint density at radius 1 is 1.02 bits per heavy atom. The van der Waals surface area contributed by atoms with E-state index in [0.717, 1.165) is 37.7 Å². The van der Waals surface area contributed by atoms with Crippen LogP contribution in [0.1, 0.15) is 69.0 Å². The van der Waals surface area contributed by atoms with Crippen LogP contribution in [0, 0.1) is 5.92 Å². The van der Waals surface area contributed by atoms with Crippen LogP contribution in [0.5, 0.6) is 0 Å². The van der Waals surface area contributed by atoms with Gasteiger partial charge >= 0.3 is 6.09 Å². The molecule has 1 aromatic heterocycles. The summed E-state index contributed by atoms with van der Waals surface area (Å²) < 4.78 is 6.99. The first kappa shape index (κ1) is 31.9. The molecule has 2 heterocycles. The van der Waals surface area contributed by atoms with Crippen molar-refractivity contribution in [3.63, 3.8) is 0 Å². The van der Waals surface area contributed by atoms with E-state index in [1.165, 1.54) is 0 Å². The van der Waals surface area contributed by atoms with Gasteiger partial charge in [0.2, 0.25) is 17.7 Å². The van der Waals surface area contributed by atoms with Crippen LogP contribution in [-0.2, 0) is 38.7 Å². The average Bonchev–Trinajstić information content (AvgIpc) is 3.47. The van der Waals surface area contributed by atoms with Gasteiger partial charge in [-0.05, 0) is 30.7 Å². The number of aliphatic hydroxyl groups is 1. The SMILES string of the molecule is O=C1CC[C@@H](CO)NC(=O)[C@H](CC2CCCCC2)NC(=O)[C@@H](NC(=O)OCc2ccccc2)Cc2cn(nn2)CCCN1. The highest BCUT2D eigenvalue weighted by Crippen LogP contribution is 2.27. The van der Waals surface area contributed by atoms with Gasteiger partial charge in [0.05, 0.1) is 18.3 Å². The highest BCUT2D eigenvalue weighted by Gasteiger charge is 2.31. The highest BCUT2D eigenvalue weighted by atomic mass is 16.5. The van der Waals surface area contributed by atoms with Gasteiger partial charge in [-0.1, -0.05) is 67.6 Å². The molecule has 2 aromatic rings. The molecule has 4 amide bonds. The first-order chi connectivity index (χ1) is 20.9. The molecule has 1 saturated carbocycles. The van der Waals surface area contributed by atoms with Crippen molar-refractivity contribution in [1.29, 1.82) is 0 Å². The van der Waals surface area contributed by atoms with Crippen LogP contribution in [-0.4, -0.2) is 75.2 Å². The standard InChI is InChI=1S/C30H43N7O6/c38-19-23-12-13-27(39)31-14-7-15-37-18-24(35-36-37)17-26(34-30(42)43-20-22-10-5-2-6-11-22)29(41)33-25(28(40)32-23)16-21-8-3-1-4-9-21/h2,5-6,10-11,18,21,23,25-26,38H,1,3-4,7-9,12-17,19-20H2,(H,31,39)(H,32,40)(H,33,41)(H,34,42)/t23-,25-,26-/m0/s1. The lowest BCUT2D eigenvalue weighted by atomic mass is 9.84. The van der Waals surface area contributed by atoms with Crippen LogP contribution in [0.2, 0.25) is 0 Å². The normalized spacial score (nSPS) is 23.2. The predicted molar refractivity (Wildman–Crippen MR) is 156 cm³/mol. The molecule has 0 radical (unpaired) electrons. The smallest absolute Gasteiger partial charge is 0.408 e. The maximum absolute atomic E-state index is 13.7. The molecule has 1 aromatic carbocycles. The van der Waals surface area contributed by atoms with E-state index in [4.69, 9.17) is 4.74 Å². The van der Waals surface area contributed by atoms with Gasteiger partial charge in [0, 0.05) is 32.1 Å². The number of benzene rings is 1. The van der Waals surface area contributed by atoms with E-state index in [2.05, 4.69) is 31.6 Å². The number of amides is 4. The van der Waals surface area contributed by atoms with Crippen LogP contribution >= 0.6 is 0 Å². The minimum atomic E-state index is -1.08. The molecule has 13 nitrogen and oxygen atoms in total. The summed E-state index contributed by atoms with van der Waals surface area (Å²) >= 11 is 0. The van der Waals surface area contributed by atoms with Crippen LogP contribution in [0.25, 0.3) is 0 Å². The zero-order valence-electron chi connectivity index (χ0n) is 24.5. The molecular weight excluding hydrogens is 554 g/mol. The van der Waals surface area contributed by atoms with Crippen molar-refractivity contribution in [2.75, 3.05) is 13.2 Å². The number of nitrogens with one attached hydrogen (secondary N) is 4. The lowest BCUT2D eigenvalue weighted by molar-refractivity contribution is -0.131. The van der Waals surface area contributed by atoms with E-state index in [9.17, 15) is 24.3 Å². The predicted octanol–water partition coefficient (Wildman–Crippen LogP) is 1.35. The third-order valence-corrected chi connectivity index (χ3v) is 7.92. The monoisotopic (exact) mass is 597 g/mol. The quantitative estimate of drug-likeness (QED) is 0.331. The molecule has 1 fully saturated rings. The number of rotatable bonds is 6. The average molecular weight is 598 g/mol. The molecular formula is C30H43N7O6. The van der Waals surface area contributed by atoms with Crippen LogP contribution in [0.3, 0.4) is 0 Å². The molecule has 0 unspecified atom stereocenters. The van der Waals surface area contributed by atoms with Crippen molar-refractivity contribution >= 4 is 23.8 Å². The van der Waals surface area contributed by atoms with E-state index >= 15 is 0 Å². The third kappa shape index (κ3) is 10.7. The summed E-state index contributed by atoms with van der Waals surface area (Å²) in [5.74, 6) is -0.907. The van der Waals surface area contributed by atoms with Crippen molar-refractivity contribution in [2.45, 2.75) is 95.5 Å². The number of aryl methyl sites for hydroxylation is 1. The topological polar surface area (TPSA) is 177 Å². The van der Waals surface area contributed by atoms with Crippen molar-refractivity contribution in [3.05, 3.63) is 47.8 Å². The Balaban J connectivity index is 1.53. The Morgan fingerprint density at radius 2 is 1.81 bits per heavy atom. The Bertz CT molecular complexity index is 1200. The minimum absolute atomic E-state index is 0.0278. The van der Waals surface area contributed by atoms with Gasteiger partial charge in [0.1, 0.15) is 18.7 Å². The number of nitrogens with zero attached hydrogens (tertiary/aromatic N) is 3. The van der Waals surface area contributed by atoms with Gasteiger partial charge in [-0.3, -0.25) is 19.1 Å². The zero-order valence-corrected chi connectivity index (χ0v) is 24.5. The second-order valence-corrected chi connectivity index (χ2v) is 11.4. The highest BCUT2D eigenvalue weighted by molar-refractivity contribution is 5.91. The molecule has 1 aliphatic carbocycles. The third-order valence-electron chi connectivity index (χ3n) is 7.92. The van der Waals surface area contributed by atoms with Gasteiger partial charge < -0.3 is 31.1 Å². The summed E-state index contributed by atoms with van der Waals surface area (Å²) in [6.07, 6.45) is 7.55. The molecule has 2 bridgehead atoms. The fraction of sp³-hybridized carbons (Fsp3) is 0.600. The number of aliphatic hydroxyl groups excluding tert-OH is 1. The van der Waals surface area contributed by atoms with Crippen molar-refractivity contribution in [1.82, 2.24) is 36.3 Å². The van der Waals surface area contributed by atoms with Crippen LogP contribution in [0.15, 0.2) is 36.5 Å². The molecule has 3 atom stereocenters. The molecule has 13 heteroatoms. The van der Waals surface area contributed by atoms with Gasteiger partial charge in [-0.25, -0.2) is 4.79 Å². The number of carbonyl (C=O) groups excluding carboxylic acids is 4. The molecule has 5 N–H and O–H groups in total. The molecule has 234 valence electrons. The first-order valence-electron chi connectivity index (χ1n) is 15.2. The lowest BCUT2D eigenvalue weighted by Crippen LogP contribution is -2.56. The van der Waals surface area contributed by atoms with Crippen LogP contribution in [0.4, 0.5) is 4.79 Å². The fourth-order valence-corrected chi connectivity index (χ4v) is 5.50. The summed E-state index contributed by atoms with van der Waals surface area (Å²) in [5.41, 5.74) is 1.27. The number of ether oxygens (including phenoxy) is 1. The maximum Gasteiger partial charge on any atom is 0.408 e. The lowest BCUT2D eigenvalue weighted by Gasteiger charge is -2.29. The number of alkyl carbamates (subject to hydrolysis) is 1. The molecule has 0 saturated heterocycles. The minimum Gasteiger partial charge on any atom is -0.445 e. The Morgan fingerprint density at radius 3 is 2.58 bits per heavy atom. The van der Waals surface area contributed by atoms with Crippen molar-refractivity contribution in [3.8, 4) is 0 Å². The van der Waals surface area contributed by atoms with E-state index in [-0.39, 0.29) is 44.3 Å². The van der Waals surface area contributed by atoms with E-state index in [1.807, 2.05) is 30.3 Å². The van der Waals surface area contributed by atoms with Gasteiger partial charge in [-0.2, -0.15) is 0 Å². The van der Waals surface area contributed by atoms with Gasteiger partial charge in [-0.15, -0.1) is 5.10 Å². The first-order valence-corrected chi connectivity index (χ1v) is 15.2. The molecule has 43 heavy (non-hydrogen) atoms. The summed E-state index contributed by atoms with van der Waals surface area (Å²) in [5, 5.41) is 29.4. The fourth-order valence-electron chi connectivity index (χ4n) is 5.50. The Hall–Kier alpha value is -4.00. The maximum atomic E-state index is 13.7. The van der Waals surface area contributed by atoms with Gasteiger partial charge in [0.25, 0.3) is 0 Å². The van der Waals surface area contributed by atoms with Crippen molar-refractivity contribution < 1.29 is 29.0 Å². The largest absolute Gasteiger partial charge is 0.445 e. The summed E-state index contributed by atoms with van der Waals surface area (Å²) in [7, 11) is 0. The summed E-state index contributed by atoms with van der Waals surface area (Å²) in [6.45, 7) is 0.610. The Labute approximate surface area is 251 Å². The second kappa shape index (κ2) is 16.6. The van der Waals surface area contributed by atoms with Crippen molar-refractivity contribution in [2.24, 2.45) is 5.92 Å². The summed E-state index contributed by atoms with van der Waals surface area (Å²) in [6, 6.07) is 6.58. The molecule has 4 rings (SSSR count). The van der Waals surface area contributed by atoms with Gasteiger partial charge in [0.15, 0.2) is 0 Å². The van der Waals surface area contributed by atoms with E-state index < -0.39 is 36.0 Å². The number of hydrogen-bond donors (Lipinski definition) is 5. The summed E-state index contributed by atoms with van der Waals surface area (Å²) in [4.78, 5) is 52.3. The number of fused-ring (bicyclic) bond motifs is 2. The molecule has 0 spiro atoms.